The van der Waals surface area contributed by atoms with Crippen LogP contribution in [0.1, 0.15) is 44.1 Å². The molecule has 8 nitrogen and oxygen atoms in total. The minimum atomic E-state index is -3.19. The van der Waals surface area contributed by atoms with E-state index < -0.39 is 33.4 Å². The number of benzene rings is 1. The van der Waals surface area contributed by atoms with Crippen LogP contribution in [0.15, 0.2) is 30.3 Å². The Morgan fingerprint density at radius 2 is 1.83 bits per heavy atom. The number of urea groups is 1. The molecule has 4 rings (SSSR count). The van der Waals surface area contributed by atoms with Crippen molar-refractivity contribution in [1.29, 1.82) is 0 Å². The summed E-state index contributed by atoms with van der Waals surface area (Å²) in [5.41, 5.74) is -0.00701. The van der Waals surface area contributed by atoms with Crippen molar-refractivity contribution in [2.45, 2.75) is 56.7 Å². The number of nitrogens with zero attached hydrogens (tertiary/aromatic N) is 2. The lowest BCUT2D eigenvalue weighted by Gasteiger charge is -2.31. The molecule has 1 N–H and O–H groups in total. The highest BCUT2D eigenvalue weighted by atomic mass is 32.2. The molecule has 162 valence electrons. The van der Waals surface area contributed by atoms with Gasteiger partial charge in [0.25, 0.3) is 5.91 Å². The first-order valence-electron chi connectivity index (χ1n) is 10.5. The van der Waals surface area contributed by atoms with E-state index in [0.717, 1.165) is 29.7 Å². The fourth-order valence-corrected chi connectivity index (χ4v) is 6.49. The molecular weight excluding hydrogens is 406 g/mol. The topological polar surface area (TPSA) is 104 Å². The SMILES string of the molecule is O=C1NC2(CCCCC2)C(=O)N1CC(=O)N(Cc1ccccc1)[C@@H]1CCS(=O)(=O)C1. The van der Waals surface area contributed by atoms with Gasteiger partial charge in [-0.2, -0.15) is 0 Å². The van der Waals surface area contributed by atoms with E-state index in [1.807, 2.05) is 30.3 Å². The van der Waals surface area contributed by atoms with Gasteiger partial charge in [-0.1, -0.05) is 49.6 Å². The molecule has 1 saturated carbocycles. The number of nitrogens with one attached hydrogen (secondary N) is 1. The third-order valence-corrected chi connectivity index (χ3v) is 8.16. The zero-order chi connectivity index (χ0) is 21.4. The summed E-state index contributed by atoms with van der Waals surface area (Å²) in [5.74, 6) is -0.783. The molecule has 1 aliphatic carbocycles. The van der Waals surface area contributed by atoms with Crippen LogP contribution in [-0.2, 0) is 26.0 Å². The molecule has 0 unspecified atom stereocenters. The Labute approximate surface area is 176 Å². The van der Waals surface area contributed by atoms with Crippen molar-refractivity contribution >= 4 is 27.7 Å². The number of sulfone groups is 1. The molecule has 1 aromatic carbocycles. The molecule has 30 heavy (non-hydrogen) atoms. The summed E-state index contributed by atoms with van der Waals surface area (Å²) in [6.45, 7) is -0.121. The average Bonchev–Trinajstić information content (AvgIpc) is 3.19. The van der Waals surface area contributed by atoms with Crippen LogP contribution in [0.4, 0.5) is 4.79 Å². The van der Waals surface area contributed by atoms with E-state index in [4.69, 9.17) is 0 Å². The number of amides is 4. The second-order valence-electron chi connectivity index (χ2n) is 8.53. The maximum Gasteiger partial charge on any atom is 0.325 e. The number of hydrogen-bond donors (Lipinski definition) is 1. The first-order chi connectivity index (χ1) is 14.3. The standard InChI is InChI=1S/C21H27N3O5S/c25-18(14-24-19(26)21(22-20(24)27)10-5-2-6-11-21)23(13-16-7-3-1-4-8-16)17-9-12-30(28,29)15-17/h1,3-4,7-8,17H,2,5-6,9-15H2,(H,22,27)/t17-/m1/s1. The molecule has 1 aromatic rings. The molecule has 3 aliphatic rings. The van der Waals surface area contributed by atoms with Crippen LogP contribution < -0.4 is 5.32 Å². The molecule has 9 heteroatoms. The normalized spacial score (nSPS) is 24.8. The lowest BCUT2D eigenvalue weighted by atomic mass is 9.82. The summed E-state index contributed by atoms with van der Waals surface area (Å²) in [6.07, 6.45) is 4.32. The molecule has 3 fully saturated rings. The Hall–Kier alpha value is -2.42. The Balaban J connectivity index is 1.53. The lowest BCUT2D eigenvalue weighted by Crippen LogP contribution is -2.50. The monoisotopic (exact) mass is 433 g/mol. The molecule has 0 aromatic heterocycles. The van der Waals surface area contributed by atoms with Crippen LogP contribution >= 0.6 is 0 Å². The maximum absolute atomic E-state index is 13.2. The molecule has 0 radical (unpaired) electrons. The minimum Gasteiger partial charge on any atom is -0.333 e. The van der Waals surface area contributed by atoms with E-state index in [0.29, 0.717) is 19.3 Å². The second-order valence-corrected chi connectivity index (χ2v) is 10.8. The highest BCUT2D eigenvalue weighted by Gasteiger charge is 2.52. The average molecular weight is 434 g/mol. The summed E-state index contributed by atoms with van der Waals surface area (Å²) >= 11 is 0. The molecule has 0 bridgehead atoms. The quantitative estimate of drug-likeness (QED) is 0.708. The second kappa shape index (κ2) is 8.02. The molecule has 2 saturated heterocycles. The zero-order valence-corrected chi connectivity index (χ0v) is 17.7. The number of imide groups is 1. The summed E-state index contributed by atoms with van der Waals surface area (Å²) in [6, 6.07) is 8.33. The Morgan fingerprint density at radius 3 is 2.47 bits per heavy atom. The first kappa shape index (κ1) is 20.8. The Bertz CT molecular complexity index is 941. The molecule has 2 aliphatic heterocycles. The van der Waals surface area contributed by atoms with Crippen molar-refractivity contribution < 1.29 is 22.8 Å². The van der Waals surface area contributed by atoms with Gasteiger partial charge in [-0.15, -0.1) is 0 Å². The predicted octanol–water partition coefficient (Wildman–Crippen LogP) is 1.46. The van der Waals surface area contributed by atoms with Crippen LogP contribution in [-0.4, -0.2) is 65.7 Å². The van der Waals surface area contributed by atoms with E-state index >= 15 is 0 Å². The van der Waals surface area contributed by atoms with Crippen molar-refractivity contribution in [3.63, 3.8) is 0 Å². The highest BCUT2D eigenvalue weighted by Crippen LogP contribution is 2.33. The molecule has 1 spiro atoms. The van der Waals surface area contributed by atoms with E-state index in [-0.39, 0.29) is 30.5 Å². The molecular formula is C21H27N3O5S. The van der Waals surface area contributed by atoms with Gasteiger partial charge in [0.1, 0.15) is 12.1 Å². The van der Waals surface area contributed by atoms with Gasteiger partial charge in [0.05, 0.1) is 11.5 Å². The lowest BCUT2D eigenvalue weighted by molar-refractivity contribution is -0.141. The van der Waals surface area contributed by atoms with Crippen LogP contribution in [0.5, 0.6) is 0 Å². The van der Waals surface area contributed by atoms with Crippen LogP contribution in [0.3, 0.4) is 0 Å². The highest BCUT2D eigenvalue weighted by molar-refractivity contribution is 7.91. The van der Waals surface area contributed by atoms with Crippen molar-refractivity contribution in [2.24, 2.45) is 0 Å². The summed E-state index contributed by atoms with van der Waals surface area (Å²) < 4.78 is 24.0. The van der Waals surface area contributed by atoms with Crippen LogP contribution in [0.2, 0.25) is 0 Å². The molecule has 1 atom stereocenters. The van der Waals surface area contributed by atoms with Gasteiger partial charge in [-0.3, -0.25) is 14.5 Å². The largest absolute Gasteiger partial charge is 0.333 e. The van der Waals surface area contributed by atoms with Gasteiger partial charge >= 0.3 is 6.03 Å². The van der Waals surface area contributed by atoms with E-state index in [9.17, 15) is 22.8 Å². The fourth-order valence-electron chi connectivity index (χ4n) is 4.76. The number of rotatable bonds is 5. The molecule has 4 amide bonds. The predicted molar refractivity (Wildman–Crippen MR) is 110 cm³/mol. The smallest absolute Gasteiger partial charge is 0.325 e. The Kier molecular flexibility index (Phi) is 5.57. The summed E-state index contributed by atoms with van der Waals surface area (Å²) in [5, 5.41) is 2.82. The first-order valence-corrected chi connectivity index (χ1v) is 12.3. The molecule has 2 heterocycles. The third kappa shape index (κ3) is 4.08. The van der Waals surface area contributed by atoms with Crippen molar-refractivity contribution in [1.82, 2.24) is 15.1 Å². The van der Waals surface area contributed by atoms with Gasteiger partial charge < -0.3 is 10.2 Å². The van der Waals surface area contributed by atoms with Crippen molar-refractivity contribution in [3.8, 4) is 0 Å². The van der Waals surface area contributed by atoms with Gasteiger partial charge in [0.2, 0.25) is 5.91 Å². The number of hydrogen-bond acceptors (Lipinski definition) is 5. The Morgan fingerprint density at radius 1 is 1.13 bits per heavy atom. The third-order valence-electron chi connectivity index (χ3n) is 6.41. The fraction of sp³-hybridized carbons (Fsp3) is 0.571. The van der Waals surface area contributed by atoms with Gasteiger partial charge in [0, 0.05) is 12.6 Å². The van der Waals surface area contributed by atoms with Gasteiger partial charge in [-0.25, -0.2) is 13.2 Å². The van der Waals surface area contributed by atoms with E-state index in [1.165, 1.54) is 4.90 Å². The maximum atomic E-state index is 13.2. The zero-order valence-electron chi connectivity index (χ0n) is 16.9. The van der Waals surface area contributed by atoms with Gasteiger partial charge in [0.15, 0.2) is 9.84 Å². The van der Waals surface area contributed by atoms with Crippen LogP contribution in [0.25, 0.3) is 0 Å². The van der Waals surface area contributed by atoms with E-state index in [2.05, 4.69) is 5.32 Å². The van der Waals surface area contributed by atoms with Gasteiger partial charge in [-0.05, 0) is 24.8 Å². The number of carbonyl (C=O) groups is 3. The van der Waals surface area contributed by atoms with E-state index in [1.54, 1.807) is 0 Å². The van der Waals surface area contributed by atoms with Crippen LogP contribution in [0, 0.1) is 0 Å². The van der Waals surface area contributed by atoms with Crippen molar-refractivity contribution in [2.75, 3.05) is 18.1 Å². The minimum absolute atomic E-state index is 0.0441. The van der Waals surface area contributed by atoms with Crippen molar-refractivity contribution in [3.05, 3.63) is 35.9 Å². The number of carbonyl (C=O) groups excluding carboxylic acids is 3. The summed E-state index contributed by atoms with van der Waals surface area (Å²) in [7, 11) is -3.19. The summed E-state index contributed by atoms with van der Waals surface area (Å²) in [4.78, 5) is 41.3.